The summed E-state index contributed by atoms with van der Waals surface area (Å²) in [5.41, 5.74) is 1.93. The predicted octanol–water partition coefficient (Wildman–Crippen LogP) is 3.34. The third kappa shape index (κ3) is 12.2. The average Bonchev–Trinajstić information content (AvgIpc) is 2.55. The molecule has 0 fully saturated rings. The van der Waals surface area contributed by atoms with E-state index < -0.39 is 23.5 Å². The minimum Gasteiger partial charge on any atom is -0.442 e. The van der Waals surface area contributed by atoms with Crippen LogP contribution in [0.15, 0.2) is 0 Å². The number of unbranched alkanes of at least 4 members (excludes halogenated alkanes) is 2. The third-order valence-corrected chi connectivity index (χ3v) is 3.85. The summed E-state index contributed by atoms with van der Waals surface area (Å²) in [6.45, 7) is 11.6. The molecule has 3 amide bonds. The normalized spacial score (nSPS) is 12.4. The Hall–Kier alpha value is -1.83. The molecule has 1 unspecified atom stereocenters. The number of ether oxygens (including phenoxy) is 1. The Morgan fingerprint density at radius 2 is 1.81 bits per heavy atom. The van der Waals surface area contributed by atoms with E-state index in [9.17, 15) is 19.6 Å². The number of amides is 3. The Morgan fingerprint density at radius 3 is 2.30 bits per heavy atom. The molecule has 8 heteroatoms. The number of hydrogen-bond donors (Lipinski definition) is 2. The van der Waals surface area contributed by atoms with E-state index in [0.29, 0.717) is 30.4 Å². The molecule has 0 heterocycles. The number of rotatable bonds is 11. The van der Waals surface area contributed by atoms with E-state index >= 15 is 0 Å². The van der Waals surface area contributed by atoms with Gasteiger partial charge in [0.25, 0.3) is 0 Å². The first-order valence-corrected chi connectivity index (χ1v) is 9.72. The molecule has 0 aromatic heterocycles. The molecule has 2 N–H and O–H groups in total. The van der Waals surface area contributed by atoms with Crippen LogP contribution in [0.4, 0.5) is 4.79 Å². The number of nitrogens with zero attached hydrogens (tertiary/aromatic N) is 2. The Labute approximate surface area is 163 Å². The quantitative estimate of drug-likeness (QED) is 0.245. The second-order valence-corrected chi connectivity index (χ2v) is 8.21. The largest absolute Gasteiger partial charge is 0.442 e. The molecule has 0 aliphatic heterocycles. The van der Waals surface area contributed by atoms with E-state index in [4.69, 9.17) is 4.74 Å². The maximum Gasteiger partial charge on any atom is 0.429 e. The Morgan fingerprint density at radius 1 is 1.19 bits per heavy atom. The van der Waals surface area contributed by atoms with Crippen molar-refractivity contribution >= 4 is 18.4 Å². The molecular formula is C19H37N3O5. The van der Waals surface area contributed by atoms with E-state index in [1.165, 1.54) is 5.01 Å². The zero-order valence-electron chi connectivity index (χ0n) is 17.7. The van der Waals surface area contributed by atoms with Gasteiger partial charge in [0, 0.05) is 6.54 Å². The Kier molecular flexibility index (Phi) is 11.7. The van der Waals surface area contributed by atoms with Gasteiger partial charge >= 0.3 is 6.09 Å². The van der Waals surface area contributed by atoms with Crippen LogP contribution in [0, 0.1) is 11.8 Å². The maximum atomic E-state index is 12.7. The van der Waals surface area contributed by atoms with Crippen LogP contribution in [0.25, 0.3) is 0 Å². The number of hydrogen-bond acceptors (Lipinski definition) is 5. The highest BCUT2D eigenvalue weighted by Crippen LogP contribution is 2.14. The number of hydroxylamine groups is 2. The lowest BCUT2D eigenvalue weighted by atomic mass is 10.0. The van der Waals surface area contributed by atoms with Gasteiger partial charge < -0.3 is 4.74 Å². The maximum absolute atomic E-state index is 12.7. The summed E-state index contributed by atoms with van der Waals surface area (Å²) in [4.78, 5) is 35.9. The van der Waals surface area contributed by atoms with Crippen molar-refractivity contribution in [3.63, 3.8) is 0 Å². The average molecular weight is 388 g/mol. The summed E-state index contributed by atoms with van der Waals surface area (Å²) < 4.78 is 5.37. The van der Waals surface area contributed by atoms with Gasteiger partial charge in [0.2, 0.25) is 12.3 Å². The topological polar surface area (TPSA) is 99.2 Å². The second-order valence-electron chi connectivity index (χ2n) is 8.21. The zero-order valence-corrected chi connectivity index (χ0v) is 17.7. The molecule has 0 radical (unpaired) electrons. The van der Waals surface area contributed by atoms with Gasteiger partial charge in [-0.2, -0.15) is 0 Å². The van der Waals surface area contributed by atoms with Crippen molar-refractivity contribution in [2.24, 2.45) is 11.8 Å². The standard InChI is InChI=1S/C19H37N3O5/c1-7-8-9-10-16(13-21(26)14-23)17(24)20-22(12-11-15(2)3)18(25)27-19(4,5)6/h14-16,26H,7-13H2,1-6H3,(H,20,24). The molecular weight excluding hydrogens is 350 g/mol. The van der Waals surface area contributed by atoms with Crippen LogP contribution < -0.4 is 5.43 Å². The number of hydrazine groups is 1. The van der Waals surface area contributed by atoms with Crippen molar-refractivity contribution < 1.29 is 24.3 Å². The SMILES string of the molecule is CCCCCC(CN(O)C=O)C(=O)NN(CCC(C)C)C(=O)OC(C)(C)C. The van der Waals surface area contributed by atoms with Gasteiger partial charge in [-0.05, 0) is 39.5 Å². The van der Waals surface area contributed by atoms with Crippen molar-refractivity contribution in [1.29, 1.82) is 0 Å². The molecule has 158 valence electrons. The smallest absolute Gasteiger partial charge is 0.429 e. The van der Waals surface area contributed by atoms with E-state index in [0.717, 1.165) is 19.3 Å². The zero-order chi connectivity index (χ0) is 21.0. The number of carbonyl (C=O) groups excluding carboxylic acids is 3. The Bertz CT molecular complexity index is 463. The fourth-order valence-electron chi connectivity index (χ4n) is 2.34. The first kappa shape index (κ1) is 25.2. The van der Waals surface area contributed by atoms with Crippen LogP contribution in [-0.2, 0) is 14.3 Å². The highest BCUT2D eigenvalue weighted by atomic mass is 16.6. The van der Waals surface area contributed by atoms with Gasteiger partial charge in [-0.1, -0.05) is 40.0 Å². The third-order valence-electron chi connectivity index (χ3n) is 3.85. The molecule has 0 aliphatic rings. The van der Waals surface area contributed by atoms with Gasteiger partial charge in [-0.25, -0.2) is 14.9 Å². The van der Waals surface area contributed by atoms with Crippen molar-refractivity contribution in [1.82, 2.24) is 15.5 Å². The molecule has 0 saturated heterocycles. The molecule has 0 saturated carbocycles. The summed E-state index contributed by atoms with van der Waals surface area (Å²) >= 11 is 0. The fraction of sp³-hybridized carbons (Fsp3) is 0.842. The monoisotopic (exact) mass is 387 g/mol. The van der Waals surface area contributed by atoms with Crippen molar-refractivity contribution in [2.45, 2.75) is 79.2 Å². The van der Waals surface area contributed by atoms with Crippen LogP contribution in [0.3, 0.4) is 0 Å². The highest BCUT2D eigenvalue weighted by molar-refractivity contribution is 5.81. The molecule has 0 spiro atoms. The number of carbonyl (C=O) groups is 3. The molecule has 0 bridgehead atoms. The van der Waals surface area contributed by atoms with E-state index in [-0.39, 0.29) is 13.0 Å². The van der Waals surface area contributed by atoms with Crippen LogP contribution in [0.5, 0.6) is 0 Å². The minimum absolute atomic E-state index is 0.120. The van der Waals surface area contributed by atoms with Gasteiger partial charge in [0.1, 0.15) is 5.60 Å². The van der Waals surface area contributed by atoms with Crippen LogP contribution in [0.2, 0.25) is 0 Å². The van der Waals surface area contributed by atoms with Gasteiger partial charge in [-0.3, -0.25) is 20.2 Å². The summed E-state index contributed by atoms with van der Waals surface area (Å²) in [6.07, 6.45) is 3.57. The van der Waals surface area contributed by atoms with Gasteiger partial charge in [-0.15, -0.1) is 0 Å². The van der Waals surface area contributed by atoms with Crippen LogP contribution in [-0.4, -0.2) is 52.4 Å². The summed E-state index contributed by atoms with van der Waals surface area (Å²) in [5, 5.41) is 11.1. The minimum atomic E-state index is -0.683. The van der Waals surface area contributed by atoms with Crippen molar-refractivity contribution in [3.05, 3.63) is 0 Å². The van der Waals surface area contributed by atoms with Crippen molar-refractivity contribution in [2.75, 3.05) is 13.1 Å². The molecule has 0 aliphatic carbocycles. The van der Waals surface area contributed by atoms with Gasteiger partial charge in [0.05, 0.1) is 12.5 Å². The molecule has 27 heavy (non-hydrogen) atoms. The fourth-order valence-corrected chi connectivity index (χ4v) is 2.34. The summed E-state index contributed by atoms with van der Waals surface area (Å²) in [6, 6.07) is 0. The second kappa shape index (κ2) is 12.5. The molecule has 8 nitrogen and oxygen atoms in total. The molecule has 0 aromatic carbocycles. The number of nitrogens with one attached hydrogen (secondary N) is 1. The van der Waals surface area contributed by atoms with Gasteiger partial charge in [0.15, 0.2) is 0 Å². The van der Waals surface area contributed by atoms with E-state index in [2.05, 4.69) is 12.3 Å². The lowest BCUT2D eigenvalue weighted by Gasteiger charge is -2.29. The summed E-state index contributed by atoms with van der Waals surface area (Å²) in [5.74, 6) is -0.687. The molecule has 0 rings (SSSR count). The first-order chi connectivity index (χ1) is 12.5. The van der Waals surface area contributed by atoms with E-state index in [1.54, 1.807) is 20.8 Å². The lowest BCUT2D eigenvalue weighted by Crippen LogP contribution is -2.51. The molecule has 0 aromatic rings. The molecule has 1 atom stereocenters. The van der Waals surface area contributed by atoms with Crippen LogP contribution >= 0.6 is 0 Å². The first-order valence-electron chi connectivity index (χ1n) is 9.72. The lowest BCUT2D eigenvalue weighted by molar-refractivity contribution is -0.155. The predicted molar refractivity (Wildman–Crippen MR) is 103 cm³/mol. The Balaban J connectivity index is 5.13. The van der Waals surface area contributed by atoms with E-state index in [1.807, 2.05) is 13.8 Å². The summed E-state index contributed by atoms with van der Waals surface area (Å²) in [7, 11) is 0. The van der Waals surface area contributed by atoms with Crippen LogP contribution in [0.1, 0.15) is 73.6 Å². The van der Waals surface area contributed by atoms with Crippen molar-refractivity contribution in [3.8, 4) is 0 Å². The highest BCUT2D eigenvalue weighted by Gasteiger charge is 2.27.